The zero-order valence-corrected chi connectivity index (χ0v) is 10.2. The second-order valence-electron chi connectivity index (χ2n) is 4.33. The summed E-state index contributed by atoms with van der Waals surface area (Å²) >= 11 is 0. The number of ether oxygens (including phenoxy) is 1. The number of aromatic nitrogens is 3. The standard InChI is InChI=1S/C13H16N4O/c1-2-12(10-14-4-1)13-3-5-15-17(13)11-16-6-8-18-9-7-16/h1-5,10H,6-9,11H2. The number of rotatable bonds is 3. The first kappa shape index (κ1) is 11.4. The monoisotopic (exact) mass is 244 g/mol. The topological polar surface area (TPSA) is 43.2 Å². The summed E-state index contributed by atoms with van der Waals surface area (Å²) in [5.74, 6) is 0. The van der Waals surface area contributed by atoms with Gasteiger partial charge in [0.1, 0.15) is 0 Å². The minimum absolute atomic E-state index is 0.806. The Hall–Kier alpha value is -1.72. The summed E-state index contributed by atoms with van der Waals surface area (Å²) in [6.07, 6.45) is 5.49. The van der Waals surface area contributed by atoms with Crippen LogP contribution >= 0.6 is 0 Å². The third kappa shape index (κ3) is 2.42. The maximum atomic E-state index is 5.35. The van der Waals surface area contributed by atoms with Crippen molar-refractivity contribution in [1.29, 1.82) is 0 Å². The van der Waals surface area contributed by atoms with Crippen LogP contribution in [0.15, 0.2) is 36.8 Å². The molecule has 1 aliphatic rings. The molecule has 0 amide bonds. The van der Waals surface area contributed by atoms with Gasteiger partial charge in [-0.2, -0.15) is 5.10 Å². The van der Waals surface area contributed by atoms with E-state index in [9.17, 15) is 0 Å². The predicted molar refractivity (Wildman–Crippen MR) is 67.9 cm³/mol. The molecule has 5 nitrogen and oxygen atoms in total. The average molecular weight is 244 g/mol. The molecule has 0 radical (unpaired) electrons. The number of hydrogen-bond donors (Lipinski definition) is 0. The van der Waals surface area contributed by atoms with Gasteiger partial charge in [-0.3, -0.25) is 14.6 Å². The summed E-state index contributed by atoms with van der Waals surface area (Å²) in [5.41, 5.74) is 2.21. The Morgan fingerprint density at radius 1 is 1.17 bits per heavy atom. The Morgan fingerprint density at radius 3 is 2.83 bits per heavy atom. The summed E-state index contributed by atoms with van der Waals surface area (Å²) < 4.78 is 7.37. The Bertz CT molecular complexity index is 491. The van der Waals surface area contributed by atoms with Crippen molar-refractivity contribution in [3.8, 4) is 11.3 Å². The van der Waals surface area contributed by atoms with Gasteiger partial charge in [-0.1, -0.05) is 0 Å². The highest BCUT2D eigenvalue weighted by Gasteiger charge is 2.13. The second-order valence-corrected chi connectivity index (χ2v) is 4.33. The maximum Gasteiger partial charge on any atom is 0.0937 e. The highest BCUT2D eigenvalue weighted by Crippen LogP contribution is 2.17. The van der Waals surface area contributed by atoms with Gasteiger partial charge in [0.2, 0.25) is 0 Å². The Balaban J connectivity index is 1.79. The molecule has 0 unspecified atom stereocenters. The Labute approximate surface area is 106 Å². The third-order valence-corrected chi connectivity index (χ3v) is 3.11. The summed E-state index contributed by atoms with van der Waals surface area (Å²) in [7, 11) is 0. The highest BCUT2D eigenvalue weighted by molar-refractivity contribution is 5.57. The molecule has 5 heteroatoms. The average Bonchev–Trinajstić information content (AvgIpc) is 2.89. The van der Waals surface area contributed by atoms with E-state index in [1.165, 1.54) is 0 Å². The van der Waals surface area contributed by atoms with Gasteiger partial charge in [0, 0.05) is 37.2 Å². The summed E-state index contributed by atoms with van der Waals surface area (Å²) in [4.78, 5) is 6.50. The predicted octanol–water partition coefficient (Wildman–Crippen LogP) is 1.23. The largest absolute Gasteiger partial charge is 0.379 e. The van der Waals surface area contributed by atoms with Crippen LogP contribution < -0.4 is 0 Å². The van der Waals surface area contributed by atoms with Gasteiger partial charge < -0.3 is 4.74 Å². The molecular formula is C13H16N4O. The number of morpholine rings is 1. The molecule has 3 rings (SSSR count). The van der Waals surface area contributed by atoms with Crippen molar-refractivity contribution >= 4 is 0 Å². The van der Waals surface area contributed by atoms with Crippen molar-refractivity contribution in [1.82, 2.24) is 19.7 Å². The molecule has 0 N–H and O–H groups in total. The smallest absolute Gasteiger partial charge is 0.0937 e. The minimum Gasteiger partial charge on any atom is -0.379 e. The number of pyridine rings is 1. The van der Waals surface area contributed by atoms with Gasteiger partial charge in [0.25, 0.3) is 0 Å². The molecule has 1 saturated heterocycles. The quantitative estimate of drug-likeness (QED) is 0.814. The van der Waals surface area contributed by atoms with Crippen LogP contribution in [-0.4, -0.2) is 46.0 Å². The molecule has 1 fully saturated rings. The van der Waals surface area contributed by atoms with Gasteiger partial charge in [-0.05, 0) is 18.2 Å². The van der Waals surface area contributed by atoms with Crippen molar-refractivity contribution in [2.75, 3.05) is 26.3 Å². The third-order valence-electron chi connectivity index (χ3n) is 3.11. The Kier molecular flexibility index (Phi) is 3.34. The van der Waals surface area contributed by atoms with Crippen LogP contribution in [-0.2, 0) is 11.4 Å². The van der Waals surface area contributed by atoms with Crippen molar-refractivity contribution in [3.05, 3.63) is 36.8 Å². The van der Waals surface area contributed by atoms with Crippen LogP contribution in [0.5, 0.6) is 0 Å². The number of nitrogens with zero attached hydrogens (tertiary/aromatic N) is 4. The van der Waals surface area contributed by atoms with Gasteiger partial charge >= 0.3 is 0 Å². The van der Waals surface area contributed by atoms with Crippen molar-refractivity contribution in [2.45, 2.75) is 6.67 Å². The van der Waals surface area contributed by atoms with E-state index in [1.807, 2.05) is 29.2 Å². The maximum absolute atomic E-state index is 5.35. The zero-order chi connectivity index (χ0) is 12.2. The summed E-state index contributed by atoms with van der Waals surface area (Å²) in [6, 6.07) is 6.03. The van der Waals surface area contributed by atoms with E-state index < -0.39 is 0 Å². The lowest BCUT2D eigenvalue weighted by atomic mass is 10.2. The van der Waals surface area contributed by atoms with Gasteiger partial charge in [-0.25, -0.2) is 0 Å². The lowest BCUT2D eigenvalue weighted by Gasteiger charge is -2.27. The SMILES string of the molecule is c1cncc(-c2ccnn2CN2CCOCC2)c1. The van der Waals surface area contributed by atoms with Crippen LogP contribution in [0.25, 0.3) is 11.3 Å². The van der Waals surface area contributed by atoms with Crippen LogP contribution in [0.4, 0.5) is 0 Å². The molecule has 2 aromatic heterocycles. The first-order chi connectivity index (χ1) is 8.93. The molecule has 0 spiro atoms. The normalized spacial score (nSPS) is 16.9. The van der Waals surface area contributed by atoms with Crippen molar-refractivity contribution in [3.63, 3.8) is 0 Å². The van der Waals surface area contributed by atoms with E-state index in [0.29, 0.717) is 0 Å². The minimum atomic E-state index is 0.806. The molecule has 94 valence electrons. The van der Waals surface area contributed by atoms with Crippen LogP contribution in [0.3, 0.4) is 0 Å². The fourth-order valence-corrected chi connectivity index (χ4v) is 2.14. The van der Waals surface area contributed by atoms with E-state index in [0.717, 1.165) is 44.2 Å². The van der Waals surface area contributed by atoms with Crippen LogP contribution in [0, 0.1) is 0 Å². The first-order valence-electron chi connectivity index (χ1n) is 6.16. The molecule has 18 heavy (non-hydrogen) atoms. The van der Waals surface area contributed by atoms with Gasteiger partial charge in [-0.15, -0.1) is 0 Å². The van der Waals surface area contributed by atoms with E-state index in [-0.39, 0.29) is 0 Å². The lowest BCUT2D eigenvalue weighted by molar-refractivity contribution is 0.0216. The molecule has 0 aliphatic carbocycles. The molecule has 2 aromatic rings. The molecular weight excluding hydrogens is 228 g/mol. The Morgan fingerprint density at radius 2 is 2.06 bits per heavy atom. The number of hydrogen-bond acceptors (Lipinski definition) is 4. The molecule has 0 bridgehead atoms. The van der Waals surface area contributed by atoms with Crippen LogP contribution in [0.2, 0.25) is 0 Å². The second kappa shape index (κ2) is 5.29. The zero-order valence-electron chi connectivity index (χ0n) is 10.2. The summed E-state index contributed by atoms with van der Waals surface area (Å²) in [6.45, 7) is 4.35. The van der Waals surface area contributed by atoms with Gasteiger partial charge in [0.05, 0.1) is 25.6 Å². The van der Waals surface area contributed by atoms with E-state index in [4.69, 9.17) is 4.74 Å². The van der Waals surface area contributed by atoms with Crippen molar-refractivity contribution < 1.29 is 4.74 Å². The lowest BCUT2D eigenvalue weighted by Crippen LogP contribution is -2.37. The molecule has 1 aliphatic heterocycles. The summed E-state index contributed by atoms with van der Waals surface area (Å²) in [5, 5.41) is 4.39. The molecule has 3 heterocycles. The van der Waals surface area contributed by atoms with E-state index in [1.54, 1.807) is 6.20 Å². The molecule has 0 saturated carbocycles. The fraction of sp³-hybridized carbons (Fsp3) is 0.385. The highest BCUT2D eigenvalue weighted by atomic mass is 16.5. The van der Waals surface area contributed by atoms with Gasteiger partial charge in [0.15, 0.2) is 0 Å². The van der Waals surface area contributed by atoms with E-state index >= 15 is 0 Å². The van der Waals surface area contributed by atoms with Crippen LogP contribution in [0.1, 0.15) is 0 Å². The fourth-order valence-electron chi connectivity index (χ4n) is 2.14. The first-order valence-corrected chi connectivity index (χ1v) is 6.16. The molecule has 0 aromatic carbocycles. The van der Waals surface area contributed by atoms with E-state index in [2.05, 4.69) is 21.0 Å². The molecule has 0 atom stereocenters. The van der Waals surface area contributed by atoms with Crippen molar-refractivity contribution in [2.24, 2.45) is 0 Å².